The van der Waals surface area contributed by atoms with Gasteiger partial charge in [-0.2, -0.15) is 13.2 Å². The summed E-state index contributed by atoms with van der Waals surface area (Å²) < 4.78 is 37.5. The molecule has 0 aromatic heterocycles. The average molecular weight is 364 g/mol. The normalized spacial score (nSPS) is 15.4. The van der Waals surface area contributed by atoms with Gasteiger partial charge in [-0.3, -0.25) is 9.59 Å². The molecule has 1 saturated heterocycles. The van der Waals surface area contributed by atoms with Crippen LogP contribution in [0.5, 0.6) is 0 Å². The summed E-state index contributed by atoms with van der Waals surface area (Å²) in [5, 5.41) is 2.08. The van der Waals surface area contributed by atoms with Gasteiger partial charge in [0.05, 0.1) is 11.4 Å². The second kappa shape index (κ2) is 7.29. The van der Waals surface area contributed by atoms with E-state index in [1.165, 1.54) is 6.07 Å². The molecule has 1 N–H and O–H groups in total. The number of amides is 2. The predicted octanol–water partition coefficient (Wildman–Crippen LogP) is 2.90. The SMILES string of the molecule is CCC(=O)N1CCN(c2ccc(Cl)cc2NC(=O)C(F)(F)F)CC1. The summed E-state index contributed by atoms with van der Waals surface area (Å²) in [6.07, 6.45) is -4.57. The topological polar surface area (TPSA) is 52.7 Å². The highest BCUT2D eigenvalue weighted by molar-refractivity contribution is 6.31. The largest absolute Gasteiger partial charge is 0.471 e. The van der Waals surface area contributed by atoms with E-state index in [1.807, 2.05) is 10.2 Å². The van der Waals surface area contributed by atoms with E-state index in [0.717, 1.165) is 0 Å². The van der Waals surface area contributed by atoms with Gasteiger partial charge in [-0.1, -0.05) is 18.5 Å². The fourth-order valence-electron chi connectivity index (χ4n) is 2.50. The lowest BCUT2D eigenvalue weighted by Gasteiger charge is -2.37. The van der Waals surface area contributed by atoms with Crippen LogP contribution in [0.25, 0.3) is 0 Å². The molecule has 9 heteroatoms. The van der Waals surface area contributed by atoms with Gasteiger partial charge in [-0.25, -0.2) is 0 Å². The number of carbonyl (C=O) groups excluding carboxylic acids is 2. The van der Waals surface area contributed by atoms with Crippen LogP contribution in [0, 0.1) is 0 Å². The first-order valence-corrected chi connectivity index (χ1v) is 7.80. The van der Waals surface area contributed by atoms with Crippen LogP contribution in [0.1, 0.15) is 13.3 Å². The molecule has 0 atom stereocenters. The molecule has 1 aliphatic heterocycles. The minimum absolute atomic E-state index is 0.0000862. The van der Waals surface area contributed by atoms with Crippen LogP contribution < -0.4 is 10.2 Å². The number of anilines is 2. The monoisotopic (exact) mass is 363 g/mol. The molecule has 5 nitrogen and oxygen atoms in total. The third-order valence-electron chi connectivity index (χ3n) is 3.74. The Morgan fingerprint density at radius 3 is 2.38 bits per heavy atom. The first-order valence-electron chi connectivity index (χ1n) is 7.42. The highest BCUT2D eigenvalue weighted by Gasteiger charge is 2.39. The van der Waals surface area contributed by atoms with Crippen LogP contribution in [0.3, 0.4) is 0 Å². The molecule has 1 aliphatic rings. The molecule has 1 heterocycles. The summed E-state index contributed by atoms with van der Waals surface area (Å²) >= 11 is 5.83. The van der Waals surface area contributed by atoms with Crippen LogP contribution in [0.4, 0.5) is 24.5 Å². The van der Waals surface area contributed by atoms with Gasteiger partial charge in [-0.05, 0) is 18.2 Å². The number of nitrogens with zero attached hydrogens (tertiary/aromatic N) is 2. The second-order valence-corrected chi connectivity index (χ2v) is 5.77. The maximum absolute atomic E-state index is 12.5. The molecule has 132 valence electrons. The van der Waals surface area contributed by atoms with Crippen molar-refractivity contribution in [1.82, 2.24) is 4.90 Å². The van der Waals surface area contributed by atoms with E-state index in [1.54, 1.807) is 24.0 Å². The van der Waals surface area contributed by atoms with E-state index in [4.69, 9.17) is 11.6 Å². The van der Waals surface area contributed by atoms with E-state index >= 15 is 0 Å². The number of hydrogen-bond acceptors (Lipinski definition) is 3. The zero-order valence-electron chi connectivity index (χ0n) is 13.0. The molecular weight excluding hydrogens is 347 g/mol. The zero-order chi connectivity index (χ0) is 17.9. The molecule has 0 bridgehead atoms. The maximum Gasteiger partial charge on any atom is 0.471 e. The van der Waals surface area contributed by atoms with Crippen molar-refractivity contribution >= 4 is 34.8 Å². The molecule has 1 fully saturated rings. The summed E-state index contributed by atoms with van der Waals surface area (Å²) in [7, 11) is 0. The zero-order valence-corrected chi connectivity index (χ0v) is 13.7. The molecular formula is C15H17ClF3N3O2. The van der Waals surface area contributed by atoms with Crippen LogP contribution in [0.2, 0.25) is 5.02 Å². The lowest BCUT2D eigenvalue weighted by molar-refractivity contribution is -0.167. The molecule has 2 rings (SSSR count). The van der Waals surface area contributed by atoms with Crippen LogP contribution in [-0.2, 0) is 9.59 Å². The van der Waals surface area contributed by atoms with Gasteiger partial charge in [0.1, 0.15) is 0 Å². The number of benzene rings is 1. The van der Waals surface area contributed by atoms with Gasteiger partial charge in [0, 0.05) is 37.6 Å². The molecule has 1 aromatic rings. The van der Waals surface area contributed by atoms with Gasteiger partial charge in [-0.15, -0.1) is 0 Å². The van der Waals surface area contributed by atoms with E-state index in [2.05, 4.69) is 0 Å². The number of nitrogens with one attached hydrogen (secondary N) is 1. The van der Waals surface area contributed by atoms with Crippen molar-refractivity contribution in [2.24, 2.45) is 0 Å². The van der Waals surface area contributed by atoms with Crippen molar-refractivity contribution in [3.63, 3.8) is 0 Å². The fraction of sp³-hybridized carbons (Fsp3) is 0.467. The van der Waals surface area contributed by atoms with Crippen LogP contribution >= 0.6 is 11.6 Å². The summed E-state index contributed by atoms with van der Waals surface area (Å²) in [6, 6.07) is 4.39. The van der Waals surface area contributed by atoms with Crippen molar-refractivity contribution in [1.29, 1.82) is 0 Å². The molecule has 0 unspecified atom stereocenters. The molecule has 1 aromatic carbocycles. The molecule has 24 heavy (non-hydrogen) atoms. The summed E-state index contributed by atoms with van der Waals surface area (Å²) in [6.45, 7) is 3.65. The van der Waals surface area contributed by atoms with Crippen molar-refractivity contribution in [2.45, 2.75) is 19.5 Å². The third-order valence-corrected chi connectivity index (χ3v) is 3.97. The van der Waals surface area contributed by atoms with Crippen LogP contribution in [-0.4, -0.2) is 49.1 Å². The Morgan fingerprint density at radius 1 is 1.21 bits per heavy atom. The third kappa shape index (κ3) is 4.31. The maximum atomic E-state index is 12.5. The van der Waals surface area contributed by atoms with Crippen molar-refractivity contribution in [3.05, 3.63) is 23.2 Å². The van der Waals surface area contributed by atoms with E-state index < -0.39 is 12.1 Å². The first kappa shape index (κ1) is 18.4. The summed E-state index contributed by atoms with van der Waals surface area (Å²) in [5.74, 6) is -2.01. The standard InChI is InChI=1S/C15H17ClF3N3O2/c1-2-13(23)22-7-5-21(6-8-22)12-4-3-10(16)9-11(12)20-14(24)15(17,18)19/h3-4,9H,2,5-8H2,1H3,(H,20,24). The van der Waals surface area contributed by atoms with Gasteiger partial charge < -0.3 is 15.1 Å². The molecule has 2 amide bonds. The molecule has 0 aliphatic carbocycles. The molecule has 0 saturated carbocycles. The highest BCUT2D eigenvalue weighted by atomic mass is 35.5. The summed E-state index contributed by atoms with van der Waals surface area (Å²) in [4.78, 5) is 26.4. The Kier molecular flexibility index (Phi) is 5.58. The summed E-state index contributed by atoms with van der Waals surface area (Å²) in [5.41, 5.74) is 0.445. The van der Waals surface area contributed by atoms with Gasteiger partial charge in [0.25, 0.3) is 0 Å². The van der Waals surface area contributed by atoms with Crippen molar-refractivity contribution < 1.29 is 22.8 Å². The van der Waals surface area contributed by atoms with E-state index in [-0.39, 0.29) is 16.6 Å². The Labute approximate surface area is 142 Å². The van der Waals surface area contributed by atoms with E-state index in [0.29, 0.717) is 38.3 Å². The van der Waals surface area contributed by atoms with Crippen LogP contribution in [0.15, 0.2) is 18.2 Å². The van der Waals surface area contributed by atoms with Gasteiger partial charge in [0.2, 0.25) is 5.91 Å². The molecule has 0 radical (unpaired) electrons. The Morgan fingerprint density at radius 2 is 1.83 bits per heavy atom. The lowest BCUT2D eigenvalue weighted by Crippen LogP contribution is -2.48. The number of rotatable bonds is 3. The van der Waals surface area contributed by atoms with Gasteiger partial charge >= 0.3 is 12.1 Å². The van der Waals surface area contributed by atoms with Crippen molar-refractivity contribution in [2.75, 3.05) is 36.4 Å². The quantitative estimate of drug-likeness (QED) is 0.898. The number of hydrogen-bond donors (Lipinski definition) is 1. The number of halogens is 4. The highest BCUT2D eigenvalue weighted by Crippen LogP contribution is 2.31. The van der Waals surface area contributed by atoms with Gasteiger partial charge in [0.15, 0.2) is 0 Å². The average Bonchev–Trinajstić information content (AvgIpc) is 2.53. The molecule has 0 spiro atoms. The Balaban J connectivity index is 2.16. The second-order valence-electron chi connectivity index (χ2n) is 5.33. The predicted molar refractivity (Wildman–Crippen MR) is 85.2 cm³/mol. The first-order chi connectivity index (χ1) is 11.2. The number of piperazine rings is 1. The minimum Gasteiger partial charge on any atom is -0.366 e. The Bertz CT molecular complexity index is 629. The smallest absolute Gasteiger partial charge is 0.366 e. The minimum atomic E-state index is -4.98. The number of carbonyl (C=O) groups is 2. The number of alkyl halides is 3. The Hall–Kier alpha value is -1.96. The van der Waals surface area contributed by atoms with Crippen molar-refractivity contribution in [3.8, 4) is 0 Å². The van der Waals surface area contributed by atoms with E-state index in [9.17, 15) is 22.8 Å². The fourth-order valence-corrected chi connectivity index (χ4v) is 2.67. The lowest BCUT2D eigenvalue weighted by atomic mass is 10.2.